The van der Waals surface area contributed by atoms with Crippen LogP contribution in [0, 0.1) is 27.7 Å². The molecule has 2 N–H and O–H groups in total. The summed E-state index contributed by atoms with van der Waals surface area (Å²) in [6, 6.07) is 15.5. The van der Waals surface area contributed by atoms with Crippen LogP contribution in [0.2, 0.25) is 0 Å². The van der Waals surface area contributed by atoms with Gasteiger partial charge >= 0.3 is 0 Å². The third-order valence-corrected chi connectivity index (χ3v) is 4.87. The zero-order valence-electron chi connectivity index (χ0n) is 18.7. The average molecular weight is 420 g/mol. The van der Waals surface area contributed by atoms with Crippen LogP contribution in [0.5, 0.6) is 0 Å². The highest BCUT2D eigenvalue weighted by Crippen LogP contribution is 2.22. The molecule has 0 saturated carbocycles. The van der Waals surface area contributed by atoms with Crippen molar-refractivity contribution in [3.63, 3.8) is 0 Å². The highest BCUT2D eigenvalue weighted by Gasteiger charge is 2.15. The lowest BCUT2D eigenvalue weighted by molar-refractivity contribution is -0.119. The van der Waals surface area contributed by atoms with Crippen molar-refractivity contribution in [1.82, 2.24) is 14.7 Å². The van der Waals surface area contributed by atoms with E-state index in [0.717, 1.165) is 33.8 Å². The number of nitrogens with zero attached hydrogens (tertiary/aromatic N) is 3. The smallest absolute Gasteiger partial charge is 0.239 e. The van der Waals surface area contributed by atoms with E-state index < -0.39 is 0 Å². The molecule has 162 valence electrons. The molecule has 1 heterocycles. The minimum Gasteiger partial charge on any atom is -0.324 e. The Labute approximate surface area is 183 Å². The van der Waals surface area contributed by atoms with Crippen LogP contribution in [0.3, 0.4) is 0 Å². The quantitative estimate of drug-likeness (QED) is 0.613. The number of hydrogen-bond acceptors (Lipinski definition) is 4. The van der Waals surface area contributed by atoms with Crippen molar-refractivity contribution in [3.8, 4) is 5.69 Å². The van der Waals surface area contributed by atoms with E-state index in [0.29, 0.717) is 5.82 Å². The van der Waals surface area contributed by atoms with Crippen molar-refractivity contribution < 1.29 is 9.59 Å². The summed E-state index contributed by atoms with van der Waals surface area (Å²) in [5.74, 6) is 0.225. The van der Waals surface area contributed by atoms with E-state index in [1.54, 1.807) is 16.6 Å². The van der Waals surface area contributed by atoms with Crippen LogP contribution >= 0.6 is 0 Å². The summed E-state index contributed by atoms with van der Waals surface area (Å²) in [4.78, 5) is 26.8. The number of hydrogen-bond donors (Lipinski definition) is 2. The Morgan fingerprint density at radius 3 is 2.10 bits per heavy atom. The molecular weight excluding hydrogens is 390 g/mol. The number of likely N-dealkylation sites (N-methyl/N-ethyl adjacent to an activating group) is 1. The van der Waals surface area contributed by atoms with Gasteiger partial charge in [-0.2, -0.15) is 5.10 Å². The molecule has 2 amide bonds. The summed E-state index contributed by atoms with van der Waals surface area (Å²) in [6.45, 7) is 8.05. The molecule has 0 bridgehead atoms. The van der Waals surface area contributed by atoms with Gasteiger partial charge in [-0.3, -0.25) is 14.5 Å². The monoisotopic (exact) mass is 419 g/mol. The maximum absolute atomic E-state index is 12.6. The largest absolute Gasteiger partial charge is 0.324 e. The van der Waals surface area contributed by atoms with Gasteiger partial charge in [0, 0.05) is 11.8 Å². The Bertz CT molecular complexity index is 1070. The highest BCUT2D eigenvalue weighted by atomic mass is 16.2. The Morgan fingerprint density at radius 2 is 1.48 bits per heavy atom. The first-order valence-electron chi connectivity index (χ1n) is 10.2. The SMILES string of the molecule is Cc1cc(C)c(NC(=O)CN(C)CC(=O)Nc2cc(C)nn2-c2ccccc2)c(C)c1. The second-order valence-electron chi connectivity index (χ2n) is 7.96. The molecule has 0 atom stereocenters. The van der Waals surface area contributed by atoms with E-state index >= 15 is 0 Å². The van der Waals surface area contributed by atoms with Gasteiger partial charge in [-0.1, -0.05) is 35.9 Å². The molecule has 0 spiro atoms. The topological polar surface area (TPSA) is 79.3 Å². The number of rotatable bonds is 7. The number of nitrogens with one attached hydrogen (secondary N) is 2. The van der Waals surface area contributed by atoms with Crippen LogP contribution < -0.4 is 10.6 Å². The number of amides is 2. The molecule has 2 aromatic carbocycles. The minimum absolute atomic E-state index is 0.0816. The lowest BCUT2D eigenvalue weighted by atomic mass is 10.1. The maximum Gasteiger partial charge on any atom is 0.239 e. The molecule has 7 heteroatoms. The standard InChI is InChI=1S/C24H29N5O2/c1-16-11-17(2)24(18(3)12-16)26-23(31)15-28(5)14-22(30)25-21-13-19(4)27-29(21)20-9-7-6-8-10-20/h6-13H,14-15H2,1-5H3,(H,25,30)(H,26,31). The van der Waals surface area contributed by atoms with Gasteiger partial charge < -0.3 is 10.6 Å². The van der Waals surface area contributed by atoms with Gasteiger partial charge in [-0.15, -0.1) is 0 Å². The van der Waals surface area contributed by atoms with Gasteiger partial charge in [-0.25, -0.2) is 4.68 Å². The fourth-order valence-electron chi connectivity index (χ4n) is 3.64. The van der Waals surface area contributed by atoms with E-state index in [9.17, 15) is 9.59 Å². The molecule has 0 saturated heterocycles. The molecule has 0 radical (unpaired) electrons. The number of aryl methyl sites for hydroxylation is 4. The van der Waals surface area contributed by atoms with E-state index in [4.69, 9.17) is 0 Å². The molecule has 0 aliphatic carbocycles. The fraction of sp³-hybridized carbons (Fsp3) is 0.292. The second-order valence-corrected chi connectivity index (χ2v) is 7.96. The van der Waals surface area contributed by atoms with Crippen molar-refractivity contribution in [2.24, 2.45) is 0 Å². The third-order valence-electron chi connectivity index (χ3n) is 4.87. The van der Waals surface area contributed by atoms with E-state index in [2.05, 4.69) is 15.7 Å². The van der Waals surface area contributed by atoms with Gasteiger partial charge in [0.1, 0.15) is 5.82 Å². The van der Waals surface area contributed by atoms with Gasteiger partial charge in [0.25, 0.3) is 0 Å². The predicted molar refractivity (Wildman–Crippen MR) is 124 cm³/mol. The second kappa shape index (κ2) is 9.57. The van der Waals surface area contributed by atoms with E-state index in [1.165, 1.54) is 0 Å². The zero-order chi connectivity index (χ0) is 22.5. The number of anilines is 2. The summed E-state index contributed by atoms with van der Waals surface area (Å²) < 4.78 is 1.70. The number of carbonyl (C=O) groups is 2. The van der Waals surface area contributed by atoms with Crippen molar-refractivity contribution in [2.45, 2.75) is 27.7 Å². The molecule has 0 fully saturated rings. The maximum atomic E-state index is 12.6. The van der Waals surface area contributed by atoms with Crippen molar-refractivity contribution in [3.05, 3.63) is 70.9 Å². The van der Waals surface area contributed by atoms with Crippen molar-refractivity contribution in [2.75, 3.05) is 30.8 Å². The Morgan fingerprint density at radius 1 is 0.903 bits per heavy atom. The van der Waals surface area contributed by atoms with Gasteiger partial charge in [0.2, 0.25) is 11.8 Å². The van der Waals surface area contributed by atoms with Crippen LogP contribution in [0.1, 0.15) is 22.4 Å². The summed E-state index contributed by atoms with van der Waals surface area (Å²) in [5, 5.41) is 10.3. The molecule has 1 aromatic heterocycles. The molecule has 31 heavy (non-hydrogen) atoms. The zero-order valence-corrected chi connectivity index (χ0v) is 18.7. The molecule has 7 nitrogen and oxygen atoms in total. The normalized spacial score (nSPS) is 10.9. The molecule has 0 aliphatic heterocycles. The van der Waals surface area contributed by atoms with Crippen LogP contribution in [0.4, 0.5) is 11.5 Å². The van der Waals surface area contributed by atoms with Crippen LogP contribution in [-0.4, -0.2) is 46.6 Å². The molecule has 0 aliphatic rings. The van der Waals surface area contributed by atoms with Crippen LogP contribution in [-0.2, 0) is 9.59 Å². The summed E-state index contributed by atoms with van der Waals surface area (Å²) in [7, 11) is 1.74. The fourth-order valence-corrected chi connectivity index (χ4v) is 3.64. The Balaban J connectivity index is 1.59. The van der Waals surface area contributed by atoms with Gasteiger partial charge in [0.05, 0.1) is 24.5 Å². The molecule has 3 rings (SSSR count). The summed E-state index contributed by atoms with van der Waals surface area (Å²) in [5.41, 5.74) is 5.70. The van der Waals surface area contributed by atoms with Gasteiger partial charge in [0.15, 0.2) is 0 Å². The summed E-state index contributed by atoms with van der Waals surface area (Å²) >= 11 is 0. The van der Waals surface area contributed by atoms with Crippen LogP contribution in [0.25, 0.3) is 5.69 Å². The predicted octanol–water partition coefficient (Wildman–Crippen LogP) is 3.61. The van der Waals surface area contributed by atoms with Crippen molar-refractivity contribution in [1.29, 1.82) is 0 Å². The number of aromatic nitrogens is 2. The lowest BCUT2D eigenvalue weighted by Crippen LogP contribution is -2.36. The third kappa shape index (κ3) is 5.79. The Kier molecular flexibility index (Phi) is 6.87. The summed E-state index contributed by atoms with van der Waals surface area (Å²) in [6.07, 6.45) is 0. The first-order chi connectivity index (χ1) is 14.7. The number of carbonyl (C=O) groups excluding carboxylic acids is 2. The molecular formula is C24H29N5O2. The first kappa shape index (κ1) is 22.2. The molecule has 3 aromatic rings. The Hall–Kier alpha value is -3.45. The minimum atomic E-state index is -0.213. The number of para-hydroxylation sites is 1. The number of benzene rings is 2. The first-order valence-corrected chi connectivity index (χ1v) is 10.2. The highest BCUT2D eigenvalue weighted by molar-refractivity contribution is 5.95. The lowest BCUT2D eigenvalue weighted by Gasteiger charge is -2.18. The van der Waals surface area contributed by atoms with E-state index in [-0.39, 0.29) is 24.9 Å². The average Bonchev–Trinajstić information content (AvgIpc) is 3.05. The molecule has 0 unspecified atom stereocenters. The van der Waals surface area contributed by atoms with Crippen LogP contribution in [0.15, 0.2) is 48.5 Å². The van der Waals surface area contributed by atoms with E-state index in [1.807, 2.05) is 76.2 Å². The van der Waals surface area contributed by atoms with Crippen molar-refractivity contribution >= 4 is 23.3 Å². The van der Waals surface area contributed by atoms with Gasteiger partial charge in [-0.05, 0) is 58.0 Å².